The highest BCUT2D eigenvalue weighted by molar-refractivity contribution is 7.91. The molecule has 1 atom stereocenters. The summed E-state index contributed by atoms with van der Waals surface area (Å²) >= 11 is 0. The summed E-state index contributed by atoms with van der Waals surface area (Å²) in [5.41, 5.74) is 0.507. The van der Waals surface area contributed by atoms with E-state index in [-0.39, 0.29) is 11.7 Å². The van der Waals surface area contributed by atoms with Crippen molar-refractivity contribution in [1.82, 2.24) is 0 Å². The summed E-state index contributed by atoms with van der Waals surface area (Å²) in [5, 5.41) is 9.86. The number of aliphatic hydroxyl groups is 1. The lowest BCUT2D eigenvalue weighted by Gasteiger charge is -2.18. The number of rotatable bonds is 1. The van der Waals surface area contributed by atoms with Crippen LogP contribution in [0.25, 0.3) is 0 Å². The predicted octanol–water partition coefficient (Wildman–Crippen LogP) is 1.80. The Hall–Kier alpha value is -0.870. The molecule has 0 fully saturated rings. The first-order chi connectivity index (χ1) is 7.22. The molecule has 1 heterocycles. The molecule has 0 bridgehead atoms. The molecule has 1 unspecified atom stereocenters. The van der Waals surface area contributed by atoms with Gasteiger partial charge in [-0.1, -0.05) is 19.1 Å². The fraction of sp³-hybridized carbons (Fsp3) is 0.500. The van der Waals surface area contributed by atoms with Crippen molar-refractivity contribution in [2.75, 3.05) is 5.75 Å². The number of fused-ring (bicyclic) bond motifs is 1. The Morgan fingerprint density at radius 1 is 1.38 bits per heavy atom. The van der Waals surface area contributed by atoms with Crippen molar-refractivity contribution in [3.8, 4) is 0 Å². The van der Waals surface area contributed by atoms with E-state index in [0.29, 0.717) is 10.5 Å². The lowest BCUT2D eigenvalue weighted by atomic mass is 9.94. The van der Waals surface area contributed by atoms with Crippen LogP contribution in [0.4, 0.5) is 0 Å². The first-order valence-corrected chi connectivity index (χ1v) is 6.96. The van der Waals surface area contributed by atoms with E-state index in [0.717, 1.165) is 5.56 Å². The zero-order valence-electron chi connectivity index (χ0n) is 9.69. The Bertz CT molecular complexity index is 524. The molecule has 0 spiro atoms. The maximum Gasteiger partial charge on any atom is 0.179 e. The van der Waals surface area contributed by atoms with Crippen LogP contribution in [0.5, 0.6) is 0 Å². The summed E-state index contributed by atoms with van der Waals surface area (Å²) in [6.07, 6.45) is 0. The van der Waals surface area contributed by atoms with Gasteiger partial charge in [-0.15, -0.1) is 0 Å². The van der Waals surface area contributed by atoms with Crippen LogP contribution < -0.4 is 0 Å². The van der Waals surface area contributed by atoms with Crippen molar-refractivity contribution in [2.45, 2.75) is 37.2 Å². The van der Waals surface area contributed by atoms with Crippen molar-refractivity contribution in [2.24, 2.45) is 0 Å². The number of hydrogen-bond acceptors (Lipinski definition) is 3. The van der Waals surface area contributed by atoms with Crippen molar-refractivity contribution in [3.63, 3.8) is 0 Å². The Morgan fingerprint density at radius 2 is 2.00 bits per heavy atom. The van der Waals surface area contributed by atoms with Gasteiger partial charge in [0.2, 0.25) is 0 Å². The molecule has 0 saturated carbocycles. The molecule has 0 saturated heterocycles. The van der Waals surface area contributed by atoms with Crippen LogP contribution in [0.2, 0.25) is 0 Å². The largest absolute Gasteiger partial charge is 0.386 e. The molecule has 1 N–H and O–H groups in total. The van der Waals surface area contributed by atoms with Gasteiger partial charge in [-0.2, -0.15) is 0 Å². The van der Waals surface area contributed by atoms with Gasteiger partial charge in [0.15, 0.2) is 9.84 Å². The molecule has 2 rings (SSSR count). The number of benzene rings is 1. The molecule has 0 radical (unpaired) electrons. The lowest BCUT2D eigenvalue weighted by Crippen LogP contribution is -2.16. The average Bonchev–Trinajstić information content (AvgIpc) is 2.36. The van der Waals surface area contributed by atoms with Crippen molar-refractivity contribution < 1.29 is 13.5 Å². The SMILES string of the molecule is CC1CS(=O)(=O)c2cc(C(C)(C)O)ccc21. The summed E-state index contributed by atoms with van der Waals surface area (Å²) < 4.78 is 23.7. The molecule has 4 heteroatoms. The molecule has 16 heavy (non-hydrogen) atoms. The molecule has 0 aromatic heterocycles. The normalized spacial score (nSPS) is 23.1. The second-order valence-electron chi connectivity index (χ2n) is 4.99. The van der Waals surface area contributed by atoms with E-state index in [2.05, 4.69) is 0 Å². The minimum atomic E-state index is -3.15. The van der Waals surface area contributed by atoms with E-state index in [1.165, 1.54) is 0 Å². The highest BCUT2D eigenvalue weighted by Crippen LogP contribution is 2.36. The lowest BCUT2D eigenvalue weighted by molar-refractivity contribution is 0.0783. The molecule has 1 aliphatic rings. The molecule has 0 amide bonds. The summed E-state index contributed by atoms with van der Waals surface area (Å²) in [6, 6.07) is 5.22. The fourth-order valence-corrected chi connectivity index (χ4v) is 4.05. The van der Waals surface area contributed by atoms with Crippen molar-refractivity contribution in [1.29, 1.82) is 0 Å². The zero-order chi connectivity index (χ0) is 12.1. The number of sulfone groups is 1. The van der Waals surface area contributed by atoms with E-state index < -0.39 is 15.4 Å². The van der Waals surface area contributed by atoms with Crippen molar-refractivity contribution >= 4 is 9.84 Å². The smallest absolute Gasteiger partial charge is 0.179 e. The summed E-state index contributed by atoms with van der Waals surface area (Å²) in [7, 11) is -3.15. The second kappa shape index (κ2) is 3.31. The average molecular weight is 240 g/mol. The quantitative estimate of drug-likeness (QED) is 0.814. The van der Waals surface area contributed by atoms with E-state index >= 15 is 0 Å². The van der Waals surface area contributed by atoms with Gasteiger partial charge >= 0.3 is 0 Å². The molecule has 3 nitrogen and oxygen atoms in total. The molecule has 88 valence electrons. The van der Waals surface area contributed by atoms with Crippen LogP contribution in [-0.4, -0.2) is 19.3 Å². The van der Waals surface area contributed by atoms with Crippen LogP contribution in [0.3, 0.4) is 0 Å². The van der Waals surface area contributed by atoms with E-state index in [9.17, 15) is 13.5 Å². The van der Waals surface area contributed by atoms with Crippen LogP contribution >= 0.6 is 0 Å². The van der Waals surface area contributed by atoms with Gasteiger partial charge in [0.1, 0.15) is 0 Å². The Balaban J connectivity index is 2.64. The van der Waals surface area contributed by atoms with E-state index in [1.807, 2.05) is 13.0 Å². The van der Waals surface area contributed by atoms with Crippen LogP contribution in [0, 0.1) is 0 Å². The Morgan fingerprint density at radius 3 is 2.56 bits per heavy atom. The summed E-state index contributed by atoms with van der Waals surface area (Å²) in [6.45, 7) is 5.21. The monoisotopic (exact) mass is 240 g/mol. The molecule has 1 aromatic rings. The third-order valence-electron chi connectivity index (χ3n) is 3.06. The van der Waals surface area contributed by atoms with E-state index in [4.69, 9.17) is 0 Å². The summed E-state index contributed by atoms with van der Waals surface area (Å²) in [4.78, 5) is 0.389. The van der Waals surface area contributed by atoms with Gasteiger partial charge in [0.05, 0.1) is 16.2 Å². The highest BCUT2D eigenvalue weighted by Gasteiger charge is 2.33. The summed E-state index contributed by atoms with van der Waals surface area (Å²) in [5.74, 6) is 0.230. The third-order valence-corrected chi connectivity index (χ3v) is 5.02. The third kappa shape index (κ3) is 1.76. The maximum absolute atomic E-state index is 11.9. The van der Waals surface area contributed by atoms with Gasteiger partial charge < -0.3 is 5.11 Å². The Kier molecular flexibility index (Phi) is 2.40. The number of hydrogen-bond donors (Lipinski definition) is 1. The highest BCUT2D eigenvalue weighted by atomic mass is 32.2. The predicted molar refractivity (Wildman–Crippen MR) is 62.2 cm³/mol. The second-order valence-corrected chi connectivity index (χ2v) is 7.00. The van der Waals surface area contributed by atoms with Gasteiger partial charge in [-0.25, -0.2) is 8.42 Å². The Labute approximate surface area is 96.0 Å². The first kappa shape index (κ1) is 11.6. The van der Waals surface area contributed by atoms with Crippen LogP contribution in [0.1, 0.15) is 37.8 Å². The maximum atomic E-state index is 11.9. The first-order valence-electron chi connectivity index (χ1n) is 5.31. The van der Waals surface area contributed by atoms with Gasteiger partial charge in [-0.3, -0.25) is 0 Å². The molecular weight excluding hydrogens is 224 g/mol. The molecule has 1 aliphatic heterocycles. The minimum Gasteiger partial charge on any atom is -0.386 e. The fourth-order valence-electron chi connectivity index (χ4n) is 2.10. The van der Waals surface area contributed by atoms with Gasteiger partial charge in [-0.05, 0) is 37.0 Å². The molecule has 0 aliphatic carbocycles. The zero-order valence-corrected chi connectivity index (χ0v) is 10.5. The molecular formula is C12H16O3S. The van der Waals surface area contributed by atoms with Gasteiger partial charge in [0, 0.05) is 0 Å². The van der Waals surface area contributed by atoms with Crippen molar-refractivity contribution in [3.05, 3.63) is 29.3 Å². The minimum absolute atomic E-state index is 0.0517. The topological polar surface area (TPSA) is 54.4 Å². The van der Waals surface area contributed by atoms with Gasteiger partial charge in [0.25, 0.3) is 0 Å². The van der Waals surface area contributed by atoms with Crippen LogP contribution in [-0.2, 0) is 15.4 Å². The van der Waals surface area contributed by atoms with Crippen LogP contribution in [0.15, 0.2) is 23.1 Å². The standard InChI is InChI=1S/C12H16O3S/c1-8-7-16(14,15)11-6-9(12(2,3)13)4-5-10(8)11/h4-6,8,13H,7H2,1-3H3. The molecule has 1 aromatic carbocycles. The van der Waals surface area contributed by atoms with E-state index in [1.54, 1.807) is 26.0 Å².